The molecule has 3 aromatic rings. The van der Waals surface area contributed by atoms with Gasteiger partial charge in [0.05, 0.1) is 18.6 Å². The highest BCUT2D eigenvalue weighted by atomic mass is 16.5. The number of carbonyl (C=O) groups is 4. The van der Waals surface area contributed by atoms with Crippen LogP contribution in [0.25, 0.3) is 0 Å². The van der Waals surface area contributed by atoms with Gasteiger partial charge in [-0.25, -0.2) is 4.79 Å². The minimum atomic E-state index is -1.18. The maximum Gasteiger partial charge on any atom is 0.408 e. The molecule has 0 unspecified atom stereocenters. The van der Waals surface area contributed by atoms with E-state index in [1.54, 1.807) is 12.1 Å². The zero-order valence-corrected chi connectivity index (χ0v) is 30.0. The van der Waals surface area contributed by atoms with Gasteiger partial charge in [0.1, 0.15) is 18.7 Å². The number of aliphatic hydroxyl groups excluding tert-OH is 1. The van der Waals surface area contributed by atoms with Crippen molar-refractivity contribution >= 4 is 29.8 Å². The number of aliphatic hydroxyl groups is 1. The molecule has 4 atom stereocenters. The fourth-order valence-electron chi connectivity index (χ4n) is 5.51. The van der Waals surface area contributed by atoms with Crippen molar-refractivity contribution in [2.45, 2.75) is 83.2 Å². The van der Waals surface area contributed by atoms with Gasteiger partial charge in [-0.3, -0.25) is 19.4 Å². The highest BCUT2D eigenvalue weighted by molar-refractivity contribution is 5.91. The van der Waals surface area contributed by atoms with Gasteiger partial charge in [0.25, 0.3) is 0 Å². The van der Waals surface area contributed by atoms with Crippen molar-refractivity contribution in [1.29, 1.82) is 0 Å². The van der Waals surface area contributed by atoms with Crippen molar-refractivity contribution in [2.24, 2.45) is 22.4 Å². The molecule has 52 heavy (non-hydrogen) atoms. The van der Waals surface area contributed by atoms with Gasteiger partial charge >= 0.3 is 6.09 Å². The molecule has 0 aliphatic rings. The third kappa shape index (κ3) is 16.1. The summed E-state index contributed by atoms with van der Waals surface area (Å²) >= 11 is 0. The minimum Gasteiger partial charge on any atom is -0.445 e. The van der Waals surface area contributed by atoms with E-state index in [4.69, 9.17) is 16.2 Å². The van der Waals surface area contributed by atoms with Crippen molar-refractivity contribution in [3.63, 3.8) is 0 Å². The topological polar surface area (TPSA) is 210 Å². The average molecular weight is 716 g/mol. The summed E-state index contributed by atoms with van der Waals surface area (Å²) in [5.41, 5.74) is 13.5. The Morgan fingerprint density at radius 2 is 1.35 bits per heavy atom. The summed E-state index contributed by atoms with van der Waals surface area (Å²) in [6.45, 7) is 4.52. The van der Waals surface area contributed by atoms with Gasteiger partial charge in [0.15, 0.2) is 5.96 Å². The zero-order chi connectivity index (χ0) is 37.7. The molecule has 0 saturated carbocycles. The van der Waals surface area contributed by atoms with Crippen molar-refractivity contribution in [2.75, 3.05) is 13.1 Å². The van der Waals surface area contributed by atoms with Gasteiger partial charge in [-0.1, -0.05) is 105 Å². The smallest absolute Gasteiger partial charge is 0.408 e. The maximum absolute atomic E-state index is 13.9. The Morgan fingerprint density at radius 3 is 1.94 bits per heavy atom. The van der Waals surface area contributed by atoms with Crippen molar-refractivity contribution in [3.05, 3.63) is 108 Å². The molecule has 0 heterocycles. The number of hydrogen-bond donors (Lipinski definition) is 7. The lowest BCUT2D eigenvalue weighted by molar-refractivity contribution is -0.131. The van der Waals surface area contributed by atoms with Gasteiger partial charge in [-0.05, 0) is 48.3 Å². The van der Waals surface area contributed by atoms with E-state index < -0.39 is 42.1 Å². The van der Waals surface area contributed by atoms with E-state index in [2.05, 4.69) is 26.3 Å². The Kier molecular flexibility index (Phi) is 17.7. The van der Waals surface area contributed by atoms with Gasteiger partial charge < -0.3 is 42.6 Å². The SMILES string of the molecule is CC(C)C[C@H](NC(=O)[C@H](Cc1ccccc1)NC(=O)[C@H](CCCN=C(N)N)NC(=O)OCc1ccccc1)[C@@H](O)CC(=O)NCCc1ccccc1. The van der Waals surface area contributed by atoms with Gasteiger partial charge in [-0.2, -0.15) is 0 Å². The van der Waals surface area contributed by atoms with Crippen LogP contribution in [0.3, 0.4) is 0 Å². The molecule has 0 spiro atoms. The van der Waals surface area contributed by atoms with Gasteiger partial charge in [0.2, 0.25) is 17.7 Å². The molecule has 3 rings (SSSR count). The van der Waals surface area contributed by atoms with E-state index >= 15 is 0 Å². The first-order chi connectivity index (χ1) is 25.0. The van der Waals surface area contributed by atoms with Crippen LogP contribution in [0.5, 0.6) is 0 Å². The Labute approximate surface area is 306 Å². The van der Waals surface area contributed by atoms with Gasteiger partial charge in [-0.15, -0.1) is 0 Å². The zero-order valence-electron chi connectivity index (χ0n) is 30.0. The normalized spacial score (nSPS) is 13.2. The number of hydrogen-bond acceptors (Lipinski definition) is 7. The number of nitrogens with zero attached hydrogens (tertiary/aromatic N) is 1. The monoisotopic (exact) mass is 715 g/mol. The summed E-state index contributed by atoms with van der Waals surface area (Å²) in [6, 6.07) is 25.1. The molecule has 280 valence electrons. The van der Waals surface area contributed by atoms with Crippen LogP contribution in [0.15, 0.2) is 96.0 Å². The van der Waals surface area contributed by atoms with Crippen LogP contribution < -0.4 is 32.7 Å². The highest BCUT2D eigenvalue weighted by Gasteiger charge is 2.31. The number of amides is 4. The number of benzene rings is 3. The molecule has 0 aromatic heterocycles. The van der Waals surface area contributed by atoms with Crippen LogP contribution in [0.1, 0.15) is 56.2 Å². The van der Waals surface area contributed by atoms with Crippen LogP contribution >= 0.6 is 0 Å². The lowest BCUT2D eigenvalue weighted by Gasteiger charge is -2.29. The Morgan fingerprint density at radius 1 is 0.769 bits per heavy atom. The molecular weight excluding hydrogens is 662 g/mol. The number of aliphatic imine (C=N–C) groups is 1. The van der Waals surface area contributed by atoms with E-state index in [-0.39, 0.29) is 50.2 Å². The molecule has 0 aliphatic heterocycles. The van der Waals surface area contributed by atoms with Crippen LogP contribution in [0, 0.1) is 5.92 Å². The fourth-order valence-corrected chi connectivity index (χ4v) is 5.51. The van der Waals surface area contributed by atoms with Crippen LogP contribution in [-0.4, -0.2) is 72.2 Å². The first-order valence-corrected chi connectivity index (χ1v) is 17.7. The van der Waals surface area contributed by atoms with Crippen molar-refractivity contribution in [3.8, 4) is 0 Å². The standard InChI is InChI=1S/C39H53N7O6/c1-27(2)23-32(34(47)25-35(48)42-22-20-28-13-6-3-7-14-28)44-37(50)33(24-29-15-8-4-9-16-29)45-36(49)31(19-12-21-43-38(40)41)46-39(51)52-26-30-17-10-5-11-18-30/h3-11,13-18,27,31-34,47H,12,19-26H2,1-2H3,(H,42,48)(H,44,50)(H,45,49)(H,46,51)(H4,40,41,43)/t31-,32-,33-,34-/m0/s1. The maximum atomic E-state index is 13.9. The molecule has 0 fully saturated rings. The number of nitrogens with one attached hydrogen (secondary N) is 4. The summed E-state index contributed by atoms with van der Waals surface area (Å²) in [7, 11) is 0. The molecule has 13 heteroatoms. The molecular formula is C39H53N7O6. The third-order valence-corrected chi connectivity index (χ3v) is 8.17. The first-order valence-electron chi connectivity index (χ1n) is 17.7. The second-order valence-corrected chi connectivity index (χ2v) is 13.1. The van der Waals surface area contributed by atoms with E-state index in [9.17, 15) is 24.3 Å². The second-order valence-electron chi connectivity index (χ2n) is 13.1. The molecule has 9 N–H and O–H groups in total. The highest BCUT2D eigenvalue weighted by Crippen LogP contribution is 2.13. The van der Waals surface area contributed by atoms with Gasteiger partial charge in [0, 0.05) is 19.5 Å². The number of alkyl carbamates (subject to hydrolysis) is 1. The molecule has 13 nitrogen and oxygen atoms in total. The molecule has 0 aliphatic carbocycles. The number of carbonyl (C=O) groups excluding carboxylic acids is 4. The second kappa shape index (κ2) is 22.4. The summed E-state index contributed by atoms with van der Waals surface area (Å²) in [5.74, 6) is -1.52. The van der Waals surface area contributed by atoms with E-state index in [0.717, 1.165) is 16.7 Å². The molecule has 3 aromatic carbocycles. The quantitative estimate of drug-likeness (QED) is 0.0494. The van der Waals surface area contributed by atoms with Crippen molar-refractivity contribution < 1.29 is 29.0 Å². The average Bonchev–Trinajstić information content (AvgIpc) is 3.12. The first kappa shape index (κ1) is 41.0. The summed E-state index contributed by atoms with van der Waals surface area (Å²) in [6.07, 6.45) is -0.546. The number of nitrogens with two attached hydrogens (primary N) is 2. The molecule has 0 saturated heterocycles. The van der Waals surface area contributed by atoms with E-state index in [1.165, 1.54) is 0 Å². The minimum absolute atomic E-state index is 0.00132. The Bertz CT molecular complexity index is 1550. The Hall–Kier alpha value is -5.43. The summed E-state index contributed by atoms with van der Waals surface area (Å²) in [4.78, 5) is 57.3. The summed E-state index contributed by atoms with van der Waals surface area (Å²) in [5, 5.41) is 22.3. The number of ether oxygens (including phenoxy) is 1. The van der Waals surface area contributed by atoms with E-state index in [1.807, 2.05) is 92.7 Å². The number of rotatable bonds is 21. The number of guanidine groups is 1. The van der Waals surface area contributed by atoms with Crippen LogP contribution in [0.2, 0.25) is 0 Å². The fraction of sp³-hybridized carbons (Fsp3) is 0.410. The third-order valence-electron chi connectivity index (χ3n) is 8.17. The van der Waals surface area contributed by atoms with Crippen LogP contribution in [0.4, 0.5) is 4.79 Å². The van der Waals surface area contributed by atoms with E-state index in [0.29, 0.717) is 25.8 Å². The molecule has 0 radical (unpaired) electrons. The molecule has 0 bridgehead atoms. The lowest BCUT2D eigenvalue weighted by atomic mass is 9.96. The van der Waals surface area contributed by atoms with Crippen LogP contribution in [-0.2, 0) is 38.6 Å². The Balaban J connectivity index is 1.72. The predicted molar refractivity (Wildman–Crippen MR) is 201 cm³/mol. The largest absolute Gasteiger partial charge is 0.445 e. The predicted octanol–water partition coefficient (Wildman–Crippen LogP) is 2.70. The lowest BCUT2D eigenvalue weighted by Crippen LogP contribution is -2.57. The molecule has 4 amide bonds. The summed E-state index contributed by atoms with van der Waals surface area (Å²) < 4.78 is 5.36. The van der Waals surface area contributed by atoms with Crippen molar-refractivity contribution in [1.82, 2.24) is 21.3 Å².